The number of pyridine rings is 1. The van der Waals surface area contributed by atoms with Crippen LogP contribution in [-0.4, -0.2) is 24.8 Å². The third-order valence-corrected chi connectivity index (χ3v) is 5.63. The maximum atomic E-state index is 12.0. The summed E-state index contributed by atoms with van der Waals surface area (Å²) in [4.78, 5) is 4.09. The highest BCUT2D eigenvalue weighted by Gasteiger charge is 2.43. The van der Waals surface area contributed by atoms with E-state index in [0.29, 0.717) is 22.6 Å². The molecule has 8 heteroatoms. The van der Waals surface area contributed by atoms with Crippen molar-refractivity contribution < 1.29 is 17.7 Å². The molecule has 0 saturated carbocycles. The number of unbranched alkanes of at least 4 members (excludes halogenated alkanes) is 3. The Morgan fingerprint density at radius 3 is 2.54 bits per heavy atom. The Kier molecular flexibility index (Phi) is 8.28. The zero-order chi connectivity index (χ0) is 20.8. The Hall–Kier alpha value is -1.18. The fourth-order valence-corrected chi connectivity index (χ4v) is 4.26. The van der Waals surface area contributed by atoms with E-state index >= 15 is 0 Å². The number of halogens is 2. The van der Waals surface area contributed by atoms with Gasteiger partial charge in [0, 0.05) is 33.6 Å². The third kappa shape index (κ3) is 6.16. The van der Waals surface area contributed by atoms with Crippen LogP contribution in [-0.2, 0) is 19.9 Å². The second-order valence-corrected chi connectivity index (χ2v) is 9.27. The van der Waals surface area contributed by atoms with Gasteiger partial charge in [0.2, 0.25) is 0 Å². The number of rotatable bonds is 10. The van der Waals surface area contributed by atoms with Gasteiger partial charge in [-0.05, 0) is 24.6 Å². The Morgan fingerprint density at radius 1 is 1.21 bits per heavy atom. The van der Waals surface area contributed by atoms with Crippen LogP contribution in [0.2, 0.25) is 10.0 Å². The van der Waals surface area contributed by atoms with Crippen LogP contribution in [0.5, 0.6) is 0 Å². The van der Waals surface area contributed by atoms with Crippen LogP contribution < -0.4 is 0 Å². The molecule has 0 bridgehead atoms. The summed E-state index contributed by atoms with van der Waals surface area (Å²) in [7, 11) is -3.90. The van der Waals surface area contributed by atoms with Gasteiger partial charge in [0.15, 0.2) is 0 Å². The predicted octanol–water partition coefficient (Wildman–Crippen LogP) is 5.26. The molecular formula is C20H25Cl2NO4S. The summed E-state index contributed by atoms with van der Waals surface area (Å²) in [6, 6.07) is 8.05. The van der Waals surface area contributed by atoms with Gasteiger partial charge >= 0.3 is 0 Å². The lowest BCUT2D eigenvalue weighted by atomic mass is 9.81. The summed E-state index contributed by atoms with van der Waals surface area (Å²) < 4.78 is 29.4. The second-order valence-electron chi connectivity index (χ2n) is 6.82. The summed E-state index contributed by atoms with van der Waals surface area (Å²) >= 11 is 12.3. The topological polar surface area (TPSA) is 76.5 Å². The van der Waals surface area contributed by atoms with Crippen LogP contribution in [0.1, 0.15) is 56.3 Å². The first-order chi connectivity index (χ1) is 13.2. The van der Waals surface area contributed by atoms with E-state index in [2.05, 4.69) is 11.9 Å². The van der Waals surface area contributed by atoms with E-state index in [1.165, 1.54) is 12.3 Å². The Bertz CT molecular complexity index is 877. The van der Waals surface area contributed by atoms with Gasteiger partial charge < -0.3 is 5.11 Å². The fraction of sp³-hybridized carbons (Fsp3) is 0.450. The summed E-state index contributed by atoms with van der Waals surface area (Å²) in [6.07, 6.45) is 6.75. The first-order valence-electron chi connectivity index (χ1n) is 9.13. The number of aromatic nitrogens is 1. The second kappa shape index (κ2) is 10.0. The van der Waals surface area contributed by atoms with Crippen molar-refractivity contribution in [2.75, 3.05) is 6.26 Å². The molecule has 0 aliphatic rings. The molecule has 1 aromatic heterocycles. The fourth-order valence-electron chi connectivity index (χ4n) is 3.14. The van der Waals surface area contributed by atoms with E-state index in [0.717, 1.165) is 25.5 Å². The molecule has 5 nitrogen and oxygen atoms in total. The molecule has 2 atom stereocenters. The molecule has 2 unspecified atom stereocenters. The Labute approximate surface area is 176 Å². The number of hydrogen-bond donors (Lipinski definition) is 1. The molecule has 28 heavy (non-hydrogen) atoms. The van der Waals surface area contributed by atoms with Crippen LogP contribution in [0, 0.1) is 0 Å². The maximum Gasteiger partial charge on any atom is 0.265 e. The zero-order valence-corrected chi connectivity index (χ0v) is 18.3. The average Bonchev–Trinajstić information content (AvgIpc) is 2.63. The van der Waals surface area contributed by atoms with Gasteiger partial charge in [0.25, 0.3) is 10.1 Å². The largest absolute Gasteiger partial charge is 0.382 e. The summed E-state index contributed by atoms with van der Waals surface area (Å²) in [5.74, 6) is 0. The molecule has 0 saturated heterocycles. The highest BCUT2D eigenvalue weighted by Crippen LogP contribution is 2.45. The van der Waals surface area contributed by atoms with Crippen molar-refractivity contribution in [3.05, 3.63) is 63.9 Å². The van der Waals surface area contributed by atoms with E-state index in [4.69, 9.17) is 27.4 Å². The number of nitrogens with zero attached hydrogens (tertiary/aromatic N) is 1. The molecule has 0 amide bonds. The molecule has 0 aliphatic carbocycles. The Morgan fingerprint density at radius 2 is 1.96 bits per heavy atom. The van der Waals surface area contributed by atoms with Gasteiger partial charge in [-0.2, -0.15) is 8.42 Å². The minimum Gasteiger partial charge on any atom is -0.382 e. The summed E-state index contributed by atoms with van der Waals surface area (Å²) in [6.45, 7) is 2.09. The van der Waals surface area contributed by atoms with Crippen molar-refractivity contribution in [1.82, 2.24) is 4.98 Å². The van der Waals surface area contributed by atoms with Crippen molar-refractivity contribution in [2.45, 2.75) is 50.7 Å². The van der Waals surface area contributed by atoms with Crippen LogP contribution in [0.15, 0.2) is 42.7 Å². The maximum absolute atomic E-state index is 12.0. The average molecular weight is 446 g/mol. The van der Waals surface area contributed by atoms with Crippen LogP contribution in [0.25, 0.3) is 0 Å². The van der Waals surface area contributed by atoms with E-state index < -0.39 is 21.8 Å². The van der Waals surface area contributed by atoms with Crippen LogP contribution in [0.3, 0.4) is 0 Å². The highest BCUT2D eigenvalue weighted by molar-refractivity contribution is 7.86. The predicted molar refractivity (Wildman–Crippen MR) is 112 cm³/mol. The zero-order valence-electron chi connectivity index (χ0n) is 15.9. The van der Waals surface area contributed by atoms with Crippen LogP contribution >= 0.6 is 23.2 Å². The molecule has 0 fully saturated rings. The lowest BCUT2D eigenvalue weighted by Gasteiger charge is -2.36. The smallest absolute Gasteiger partial charge is 0.265 e. The molecule has 1 N–H and O–H groups in total. The van der Waals surface area contributed by atoms with Gasteiger partial charge in [-0.3, -0.25) is 9.17 Å². The molecular weight excluding hydrogens is 421 g/mol. The third-order valence-electron chi connectivity index (χ3n) is 4.52. The number of aliphatic hydroxyl groups is 1. The summed E-state index contributed by atoms with van der Waals surface area (Å²) in [5, 5.41) is 12.4. The number of benzene rings is 1. The van der Waals surface area contributed by atoms with E-state index in [9.17, 15) is 13.5 Å². The van der Waals surface area contributed by atoms with Gasteiger partial charge in [-0.25, -0.2) is 0 Å². The van der Waals surface area contributed by atoms with E-state index in [1.54, 1.807) is 30.5 Å². The standard InChI is InChI=1S/C20H25Cl2NO4S/c1-3-4-5-6-11-20(24,15-8-7-12-23-14-15)19(27-28(2,25)26)17-10-9-16(21)13-18(17)22/h7-10,12-14,19,24H,3-6,11H2,1-2H3. The number of hydrogen-bond acceptors (Lipinski definition) is 5. The van der Waals surface area contributed by atoms with Crippen molar-refractivity contribution in [3.63, 3.8) is 0 Å². The molecule has 1 heterocycles. The SMILES string of the molecule is CCCCCCC(O)(c1cccnc1)C(OS(C)(=O)=O)c1ccc(Cl)cc1Cl. The minimum absolute atomic E-state index is 0.219. The van der Waals surface area contributed by atoms with Crippen molar-refractivity contribution in [2.24, 2.45) is 0 Å². The molecule has 1 aromatic carbocycles. The lowest BCUT2D eigenvalue weighted by Crippen LogP contribution is -2.36. The van der Waals surface area contributed by atoms with Gasteiger partial charge in [-0.15, -0.1) is 0 Å². The minimum atomic E-state index is -3.90. The van der Waals surface area contributed by atoms with Crippen LogP contribution in [0.4, 0.5) is 0 Å². The Balaban J connectivity index is 2.56. The molecule has 0 aliphatic heterocycles. The van der Waals surface area contributed by atoms with Gasteiger partial charge in [0.05, 0.1) is 6.26 Å². The first-order valence-corrected chi connectivity index (χ1v) is 11.7. The van der Waals surface area contributed by atoms with Crippen molar-refractivity contribution in [1.29, 1.82) is 0 Å². The lowest BCUT2D eigenvalue weighted by molar-refractivity contribution is -0.0751. The molecule has 0 spiro atoms. The summed E-state index contributed by atoms with van der Waals surface area (Å²) in [5.41, 5.74) is -0.827. The van der Waals surface area contributed by atoms with Crippen molar-refractivity contribution in [3.8, 4) is 0 Å². The van der Waals surface area contributed by atoms with Gasteiger partial charge in [0.1, 0.15) is 11.7 Å². The molecule has 2 rings (SSSR count). The highest BCUT2D eigenvalue weighted by atomic mass is 35.5. The normalized spacial score (nSPS) is 15.2. The van der Waals surface area contributed by atoms with E-state index in [-0.39, 0.29) is 11.4 Å². The quantitative estimate of drug-likeness (QED) is 0.398. The van der Waals surface area contributed by atoms with Crippen molar-refractivity contribution >= 4 is 33.3 Å². The molecule has 154 valence electrons. The molecule has 2 aromatic rings. The first kappa shape index (κ1) is 23.1. The molecule has 0 radical (unpaired) electrons. The van der Waals surface area contributed by atoms with Gasteiger partial charge in [-0.1, -0.05) is 67.9 Å². The van der Waals surface area contributed by atoms with E-state index in [1.807, 2.05) is 0 Å². The monoisotopic (exact) mass is 445 g/mol.